The summed E-state index contributed by atoms with van der Waals surface area (Å²) in [6.07, 6.45) is 0.960. The molecule has 27 heavy (non-hydrogen) atoms. The third kappa shape index (κ3) is 6.63. The van der Waals surface area contributed by atoms with Gasteiger partial charge in [-0.1, -0.05) is 49.2 Å². The molecule has 1 saturated heterocycles. The molecule has 6 heteroatoms. The highest BCUT2D eigenvalue weighted by Crippen LogP contribution is 2.30. The minimum absolute atomic E-state index is 0.157. The number of hydrogen-bond acceptors (Lipinski definition) is 4. The van der Waals surface area contributed by atoms with Crippen LogP contribution in [0.1, 0.15) is 46.6 Å². The Morgan fingerprint density at radius 1 is 1.33 bits per heavy atom. The third-order valence-corrected chi connectivity index (χ3v) is 5.45. The molecule has 1 aromatic rings. The molecule has 0 aromatic heterocycles. The number of esters is 1. The molecule has 152 valence electrons. The molecule has 4 nitrogen and oxygen atoms in total. The number of hydrogen-bond donors (Lipinski definition) is 1. The van der Waals surface area contributed by atoms with Gasteiger partial charge in [0.05, 0.1) is 10.0 Å². The number of nitrogens with zero attached hydrogens (tertiary/aromatic N) is 1. The van der Waals surface area contributed by atoms with Crippen molar-refractivity contribution >= 4 is 29.2 Å². The zero-order valence-electron chi connectivity index (χ0n) is 17.0. The third-order valence-electron chi connectivity index (χ3n) is 4.59. The molecule has 1 aromatic carbocycles. The maximum atomic E-state index is 13.2. The minimum Gasteiger partial charge on any atom is -0.459 e. The van der Waals surface area contributed by atoms with E-state index in [9.17, 15) is 4.79 Å². The van der Waals surface area contributed by atoms with Crippen molar-refractivity contribution in [3.05, 3.63) is 33.8 Å². The van der Waals surface area contributed by atoms with Crippen molar-refractivity contribution in [2.24, 2.45) is 11.8 Å². The van der Waals surface area contributed by atoms with Gasteiger partial charge in [-0.3, -0.25) is 9.69 Å². The van der Waals surface area contributed by atoms with Crippen molar-refractivity contribution in [2.45, 2.75) is 59.2 Å². The van der Waals surface area contributed by atoms with Crippen LogP contribution < -0.4 is 5.32 Å². The first-order valence-corrected chi connectivity index (χ1v) is 10.4. The Kier molecular flexibility index (Phi) is 7.99. The van der Waals surface area contributed by atoms with Crippen LogP contribution in [-0.2, 0) is 16.1 Å². The van der Waals surface area contributed by atoms with Gasteiger partial charge >= 0.3 is 5.97 Å². The molecule has 1 aliphatic heterocycles. The Bertz CT molecular complexity index is 638. The first kappa shape index (κ1) is 22.5. The molecule has 1 unspecified atom stereocenters. The van der Waals surface area contributed by atoms with E-state index in [2.05, 4.69) is 24.1 Å². The highest BCUT2D eigenvalue weighted by Gasteiger charge is 2.38. The second kappa shape index (κ2) is 9.60. The first-order chi connectivity index (χ1) is 12.6. The second-order valence-electron chi connectivity index (χ2n) is 8.77. The van der Waals surface area contributed by atoms with E-state index >= 15 is 0 Å². The molecule has 0 amide bonds. The number of nitrogens with one attached hydrogen (secondary N) is 1. The van der Waals surface area contributed by atoms with E-state index in [1.807, 2.05) is 32.9 Å². The van der Waals surface area contributed by atoms with Gasteiger partial charge in [0, 0.05) is 19.6 Å². The highest BCUT2D eigenvalue weighted by molar-refractivity contribution is 6.42. The summed E-state index contributed by atoms with van der Waals surface area (Å²) in [6, 6.07) is 5.35. The lowest BCUT2D eigenvalue weighted by atomic mass is 9.95. The molecule has 0 saturated carbocycles. The molecule has 0 aliphatic carbocycles. The van der Waals surface area contributed by atoms with E-state index in [1.54, 1.807) is 6.07 Å². The fourth-order valence-corrected chi connectivity index (χ4v) is 3.96. The maximum Gasteiger partial charge on any atom is 0.324 e. The van der Waals surface area contributed by atoms with E-state index in [1.165, 1.54) is 0 Å². The molecule has 2 rings (SSSR count). The topological polar surface area (TPSA) is 41.6 Å². The van der Waals surface area contributed by atoms with Crippen molar-refractivity contribution < 1.29 is 9.53 Å². The summed E-state index contributed by atoms with van der Waals surface area (Å²) in [5.74, 6) is 0.466. The maximum absolute atomic E-state index is 13.2. The van der Waals surface area contributed by atoms with Gasteiger partial charge < -0.3 is 10.1 Å². The average molecular weight is 415 g/mol. The summed E-state index contributed by atoms with van der Waals surface area (Å²) in [5.41, 5.74) is 0.419. The van der Waals surface area contributed by atoms with Crippen LogP contribution in [0, 0.1) is 11.8 Å². The molecule has 1 fully saturated rings. The van der Waals surface area contributed by atoms with Crippen LogP contribution >= 0.6 is 23.2 Å². The molecule has 1 heterocycles. The molecular weight excluding hydrogens is 383 g/mol. The summed E-state index contributed by atoms with van der Waals surface area (Å²) in [5, 5.41) is 4.47. The van der Waals surface area contributed by atoms with E-state index in [0.29, 0.717) is 22.5 Å². The van der Waals surface area contributed by atoms with Gasteiger partial charge in [-0.05, 0) is 57.2 Å². The monoisotopic (exact) mass is 414 g/mol. The average Bonchev–Trinajstić information content (AvgIpc) is 3.03. The summed E-state index contributed by atoms with van der Waals surface area (Å²) in [4.78, 5) is 15.4. The number of carbonyl (C=O) groups excluding carboxylic acids is 1. The Morgan fingerprint density at radius 3 is 2.59 bits per heavy atom. The number of halogens is 2. The van der Waals surface area contributed by atoms with E-state index in [-0.39, 0.29) is 17.9 Å². The summed E-state index contributed by atoms with van der Waals surface area (Å²) >= 11 is 12.6. The van der Waals surface area contributed by atoms with Crippen LogP contribution in [0.15, 0.2) is 18.2 Å². The standard InChI is InChI=1S/C21H32Cl2N2O2/c1-14(2)12-25(13-16-7-6-8-17(22)18(16)23)19(15-9-10-24-11-15)20(26)27-21(3,4)5/h6-8,14-15,19,24H,9-13H2,1-5H3/t15-,19?/m1/s1. The molecule has 2 atom stereocenters. The quantitative estimate of drug-likeness (QED) is 0.652. The van der Waals surface area contributed by atoms with Gasteiger partial charge in [0.1, 0.15) is 11.6 Å². The summed E-state index contributed by atoms with van der Waals surface area (Å²) < 4.78 is 5.80. The fraction of sp³-hybridized carbons (Fsp3) is 0.667. The highest BCUT2D eigenvalue weighted by atomic mass is 35.5. The lowest BCUT2D eigenvalue weighted by Crippen LogP contribution is -2.50. The zero-order chi connectivity index (χ0) is 20.2. The van der Waals surface area contributed by atoms with Crippen LogP contribution in [-0.4, -0.2) is 42.1 Å². The first-order valence-electron chi connectivity index (χ1n) is 9.69. The van der Waals surface area contributed by atoms with Crippen molar-refractivity contribution in [3.8, 4) is 0 Å². The van der Waals surface area contributed by atoms with Gasteiger partial charge in [0.15, 0.2) is 0 Å². The predicted molar refractivity (Wildman–Crippen MR) is 112 cm³/mol. The van der Waals surface area contributed by atoms with Crippen LogP contribution in [0.25, 0.3) is 0 Å². The van der Waals surface area contributed by atoms with Gasteiger partial charge in [0.2, 0.25) is 0 Å². The number of rotatable bonds is 7. The van der Waals surface area contributed by atoms with Crippen molar-refractivity contribution in [1.29, 1.82) is 0 Å². The molecule has 0 bridgehead atoms. The van der Waals surface area contributed by atoms with Crippen molar-refractivity contribution in [1.82, 2.24) is 10.2 Å². The van der Waals surface area contributed by atoms with Crippen molar-refractivity contribution in [3.63, 3.8) is 0 Å². The Hall–Kier alpha value is -0.810. The normalized spacial score (nSPS) is 18.9. The fourth-order valence-electron chi connectivity index (χ4n) is 3.58. The van der Waals surface area contributed by atoms with Gasteiger partial charge in [-0.2, -0.15) is 0 Å². The molecule has 1 N–H and O–H groups in total. The molecule has 0 spiro atoms. The second-order valence-corrected chi connectivity index (χ2v) is 9.55. The zero-order valence-corrected chi connectivity index (χ0v) is 18.5. The molecular formula is C21H32Cl2N2O2. The van der Waals surface area contributed by atoms with E-state index in [0.717, 1.165) is 31.6 Å². The van der Waals surface area contributed by atoms with Crippen LogP contribution in [0.2, 0.25) is 10.0 Å². The van der Waals surface area contributed by atoms with Crippen molar-refractivity contribution in [2.75, 3.05) is 19.6 Å². The lowest BCUT2D eigenvalue weighted by Gasteiger charge is -2.36. The van der Waals surface area contributed by atoms with Crippen LogP contribution in [0.3, 0.4) is 0 Å². The smallest absolute Gasteiger partial charge is 0.324 e. The van der Waals surface area contributed by atoms with Crippen LogP contribution in [0.5, 0.6) is 0 Å². The van der Waals surface area contributed by atoms with Gasteiger partial charge in [-0.25, -0.2) is 0 Å². The molecule has 0 radical (unpaired) electrons. The SMILES string of the molecule is CC(C)CN(Cc1cccc(Cl)c1Cl)C(C(=O)OC(C)(C)C)[C@@H]1CCNC1. The minimum atomic E-state index is -0.515. The number of carbonyl (C=O) groups is 1. The Balaban J connectivity index is 2.34. The van der Waals surface area contributed by atoms with E-state index in [4.69, 9.17) is 27.9 Å². The lowest BCUT2D eigenvalue weighted by molar-refractivity contribution is -0.164. The summed E-state index contributed by atoms with van der Waals surface area (Å²) in [7, 11) is 0. The van der Waals surface area contributed by atoms with Gasteiger partial charge in [-0.15, -0.1) is 0 Å². The number of benzene rings is 1. The number of ether oxygens (including phenoxy) is 1. The predicted octanol–water partition coefficient (Wildman–Crippen LogP) is 4.77. The largest absolute Gasteiger partial charge is 0.459 e. The van der Waals surface area contributed by atoms with Gasteiger partial charge in [0.25, 0.3) is 0 Å². The Morgan fingerprint density at radius 2 is 2.04 bits per heavy atom. The van der Waals surface area contributed by atoms with Crippen LogP contribution in [0.4, 0.5) is 0 Å². The molecule has 1 aliphatic rings. The summed E-state index contributed by atoms with van der Waals surface area (Å²) in [6.45, 7) is 13.2. The Labute approximate surface area is 173 Å². The van der Waals surface area contributed by atoms with E-state index < -0.39 is 5.60 Å².